The van der Waals surface area contributed by atoms with Crippen LogP contribution in [0.5, 0.6) is 0 Å². The molecule has 2 aromatic rings. The van der Waals surface area contributed by atoms with Crippen molar-refractivity contribution in [3.05, 3.63) is 59.7 Å². The molecule has 208 valence electrons. The van der Waals surface area contributed by atoms with Gasteiger partial charge in [0.05, 0.1) is 30.6 Å². The second-order valence-electron chi connectivity index (χ2n) is 11.2. The minimum atomic E-state index is -1.20. The maximum atomic E-state index is 14.3. The Morgan fingerprint density at radius 2 is 1.77 bits per heavy atom. The molecular formula is C30H36BrN3O5. The van der Waals surface area contributed by atoms with Gasteiger partial charge in [-0.2, -0.15) is 0 Å². The molecule has 9 heteroatoms. The molecule has 3 unspecified atom stereocenters. The minimum absolute atomic E-state index is 0.0711. The lowest BCUT2D eigenvalue weighted by Gasteiger charge is -2.39. The maximum absolute atomic E-state index is 14.3. The summed E-state index contributed by atoms with van der Waals surface area (Å²) in [7, 11) is 0. The van der Waals surface area contributed by atoms with E-state index in [4.69, 9.17) is 4.74 Å². The average Bonchev–Trinajstić information content (AvgIpc) is 3.51. The number of anilines is 2. The van der Waals surface area contributed by atoms with Gasteiger partial charge in [0, 0.05) is 16.2 Å². The van der Waals surface area contributed by atoms with E-state index in [0.29, 0.717) is 24.2 Å². The molecular weight excluding hydrogens is 562 g/mol. The number of carbonyl (C=O) groups excluding carboxylic acids is 3. The van der Waals surface area contributed by atoms with Gasteiger partial charge in [0.15, 0.2) is 0 Å². The van der Waals surface area contributed by atoms with Crippen LogP contribution >= 0.6 is 15.9 Å². The highest BCUT2D eigenvalue weighted by molar-refractivity contribution is 9.09. The van der Waals surface area contributed by atoms with Gasteiger partial charge in [-0.15, -0.1) is 0 Å². The lowest BCUT2D eigenvalue weighted by atomic mass is 9.70. The van der Waals surface area contributed by atoms with Crippen LogP contribution in [0, 0.1) is 31.6 Å². The smallest absolute Gasteiger partial charge is 0.250 e. The third kappa shape index (κ3) is 4.48. The molecule has 3 saturated heterocycles. The lowest BCUT2D eigenvalue weighted by Crippen LogP contribution is -2.57. The molecule has 0 radical (unpaired) electrons. The molecule has 0 aliphatic carbocycles. The van der Waals surface area contributed by atoms with Crippen LogP contribution in [0.2, 0.25) is 0 Å². The fourth-order valence-corrected chi connectivity index (χ4v) is 7.73. The first-order chi connectivity index (χ1) is 18.6. The minimum Gasteiger partial charge on any atom is -0.394 e. The van der Waals surface area contributed by atoms with Crippen molar-refractivity contribution >= 4 is 45.0 Å². The van der Waals surface area contributed by atoms with Crippen molar-refractivity contribution in [3.63, 3.8) is 0 Å². The molecule has 8 nitrogen and oxygen atoms in total. The molecule has 1 spiro atoms. The Morgan fingerprint density at radius 1 is 1.10 bits per heavy atom. The summed E-state index contributed by atoms with van der Waals surface area (Å²) >= 11 is 3.71. The summed E-state index contributed by atoms with van der Waals surface area (Å²) in [5.74, 6) is -2.69. The summed E-state index contributed by atoms with van der Waals surface area (Å²) < 4.78 is 6.60. The van der Waals surface area contributed by atoms with Crippen molar-refractivity contribution in [1.82, 2.24) is 4.90 Å². The number of alkyl halides is 1. The number of para-hydroxylation sites is 2. The highest BCUT2D eigenvalue weighted by Gasteiger charge is 2.77. The van der Waals surface area contributed by atoms with Crippen LogP contribution in [0.4, 0.5) is 11.4 Å². The van der Waals surface area contributed by atoms with Crippen molar-refractivity contribution < 1.29 is 24.2 Å². The van der Waals surface area contributed by atoms with Crippen LogP contribution in [0.25, 0.3) is 0 Å². The monoisotopic (exact) mass is 597 g/mol. The summed E-state index contributed by atoms with van der Waals surface area (Å²) in [6, 6.07) is 13.3. The molecule has 3 aliphatic heterocycles. The number of hydrogen-bond acceptors (Lipinski definition) is 5. The first-order valence-corrected chi connectivity index (χ1v) is 14.5. The number of nitrogens with one attached hydrogen (secondary N) is 2. The number of aliphatic hydroxyl groups is 1. The van der Waals surface area contributed by atoms with E-state index < -0.39 is 35.6 Å². The van der Waals surface area contributed by atoms with Crippen LogP contribution in [0.15, 0.2) is 48.5 Å². The number of amides is 3. The van der Waals surface area contributed by atoms with Gasteiger partial charge in [0.2, 0.25) is 17.7 Å². The number of carbonyl (C=O) groups is 3. The number of ether oxygens (including phenoxy) is 1. The van der Waals surface area contributed by atoms with Crippen molar-refractivity contribution in [2.45, 2.75) is 69.2 Å². The Labute approximate surface area is 237 Å². The van der Waals surface area contributed by atoms with Crippen LogP contribution in [0.3, 0.4) is 0 Å². The van der Waals surface area contributed by atoms with Crippen molar-refractivity contribution in [1.29, 1.82) is 0 Å². The van der Waals surface area contributed by atoms with Crippen LogP contribution < -0.4 is 10.6 Å². The predicted octanol–water partition coefficient (Wildman–Crippen LogP) is 4.04. The van der Waals surface area contributed by atoms with Crippen LogP contribution in [-0.4, -0.2) is 63.0 Å². The van der Waals surface area contributed by atoms with Crippen molar-refractivity contribution in [3.8, 4) is 0 Å². The van der Waals surface area contributed by atoms with Gasteiger partial charge in [0.25, 0.3) is 0 Å². The third-order valence-corrected chi connectivity index (χ3v) is 9.74. The zero-order valence-corrected chi connectivity index (χ0v) is 24.3. The standard InChI is InChI=1S/C30H36BrN3O5/c1-5-16(2)21(15-35)34-26(28(37)33-24-17(3)10-9-11-18(24)4)30-14-20(31)25(39-30)22(23(30)29(34)38)27(36)32-19-12-7-6-8-13-19/h6-13,16,20-23,25-26,35H,5,14-15H2,1-4H3,(H,32,36)(H,33,37)/t16-,20?,21-,22-,23-,25-,26?,30?/m0/s1. The molecule has 2 aromatic carbocycles. The highest BCUT2D eigenvalue weighted by atomic mass is 79.9. The lowest BCUT2D eigenvalue weighted by molar-refractivity contribution is -0.144. The molecule has 3 fully saturated rings. The van der Waals surface area contributed by atoms with Gasteiger partial charge < -0.3 is 25.4 Å². The first kappa shape index (κ1) is 27.8. The Morgan fingerprint density at radius 3 is 2.38 bits per heavy atom. The zero-order valence-electron chi connectivity index (χ0n) is 22.7. The summed E-state index contributed by atoms with van der Waals surface area (Å²) in [5, 5.41) is 16.5. The molecule has 3 amide bonds. The van der Waals surface area contributed by atoms with Gasteiger partial charge in [-0.1, -0.05) is 72.6 Å². The highest BCUT2D eigenvalue weighted by Crippen LogP contribution is 2.60. The van der Waals surface area contributed by atoms with Gasteiger partial charge in [-0.25, -0.2) is 0 Å². The van der Waals surface area contributed by atoms with E-state index in [1.54, 1.807) is 12.1 Å². The van der Waals surface area contributed by atoms with Crippen LogP contribution in [-0.2, 0) is 19.1 Å². The fraction of sp³-hybridized carbons (Fsp3) is 0.500. The normalized spacial score (nSPS) is 30.7. The number of hydrogen-bond donors (Lipinski definition) is 3. The van der Waals surface area contributed by atoms with E-state index in [1.165, 1.54) is 4.90 Å². The Hall–Kier alpha value is -2.75. The van der Waals surface area contributed by atoms with E-state index in [1.807, 2.05) is 64.1 Å². The topological polar surface area (TPSA) is 108 Å². The van der Waals surface area contributed by atoms with E-state index in [2.05, 4.69) is 26.6 Å². The van der Waals surface area contributed by atoms with Crippen LogP contribution in [0.1, 0.15) is 37.8 Å². The molecule has 8 atom stereocenters. The number of rotatable bonds is 8. The Balaban J connectivity index is 1.57. The molecule has 3 heterocycles. The average molecular weight is 599 g/mol. The zero-order chi connectivity index (χ0) is 28.1. The Bertz CT molecular complexity index is 1250. The quantitative estimate of drug-likeness (QED) is 0.398. The number of benzene rings is 2. The summed E-state index contributed by atoms with van der Waals surface area (Å²) in [6.45, 7) is 7.51. The molecule has 3 aliphatic rings. The number of aryl methyl sites for hydroxylation is 2. The second kappa shape index (κ2) is 10.7. The third-order valence-electron chi connectivity index (χ3n) is 8.89. The molecule has 2 bridgehead atoms. The maximum Gasteiger partial charge on any atom is 0.250 e. The van der Waals surface area contributed by atoms with Gasteiger partial charge >= 0.3 is 0 Å². The molecule has 3 N–H and O–H groups in total. The number of nitrogens with zero attached hydrogens (tertiary/aromatic N) is 1. The number of aliphatic hydroxyl groups excluding tert-OH is 1. The SMILES string of the molecule is CC[C@H](C)[C@H](CO)N1C(=O)[C@@H]2[C@H](C(=O)Nc3ccccc3)[C@H]3OC2(CC3Br)C1C(=O)Nc1c(C)cccc1C. The predicted molar refractivity (Wildman–Crippen MR) is 152 cm³/mol. The van der Waals surface area contributed by atoms with E-state index in [0.717, 1.165) is 11.1 Å². The van der Waals surface area contributed by atoms with E-state index in [9.17, 15) is 19.5 Å². The number of likely N-dealkylation sites (tertiary alicyclic amines) is 1. The molecule has 5 rings (SSSR count). The Kier molecular flexibility index (Phi) is 7.61. The summed E-state index contributed by atoms with van der Waals surface area (Å²) in [6.07, 6.45) is 0.556. The number of halogens is 1. The molecule has 0 aromatic heterocycles. The number of fused-ring (bicyclic) bond motifs is 1. The second-order valence-corrected chi connectivity index (χ2v) is 12.3. The summed E-state index contributed by atoms with van der Waals surface area (Å²) in [5.41, 5.74) is 1.94. The van der Waals surface area contributed by atoms with Crippen molar-refractivity contribution in [2.24, 2.45) is 17.8 Å². The van der Waals surface area contributed by atoms with Gasteiger partial charge in [-0.05, 0) is 49.4 Å². The van der Waals surface area contributed by atoms with Crippen molar-refractivity contribution in [2.75, 3.05) is 17.2 Å². The van der Waals surface area contributed by atoms with E-state index >= 15 is 0 Å². The van der Waals surface area contributed by atoms with Gasteiger partial charge in [0.1, 0.15) is 11.6 Å². The molecule has 0 saturated carbocycles. The van der Waals surface area contributed by atoms with E-state index in [-0.39, 0.29) is 35.1 Å². The largest absolute Gasteiger partial charge is 0.394 e. The summed E-state index contributed by atoms with van der Waals surface area (Å²) in [4.78, 5) is 43.6. The fourth-order valence-electron chi connectivity index (χ4n) is 6.79. The van der Waals surface area contributed by atoms with Gasteiger partial charge in [-0.3, -0.25) is 14.4 Å². The first-order valence-electron chi connectivity index (χ1n) is 13.6. The molecule has 39 heavy (non-hydrogen) atoms.